The highest BCUT2D eigenvalue weighted by Gasteiger charge is 2.31. The molecule has 0 amide bonds. The van der Waals surface area contributed by atoms with Gasteiger partial charge in [0.25, 0.3) is 0 Å². The van der Waals surface area contributed by atoms with Crippen molar-refractivity contribution in [3.05, 3.63) is 40.9 Å². The number of rotatable bonds is 1. The van der Waals surface area contributed by atoms with Crippen molar-refractivity contribution in [3.8, 4) is 0 Å². The van der Waals surface area contributed by atoms with Crippen LogP contribution in [0.1, 0.15) is 37.3 Å². The van der Waals surface area contributed by atoms with Crippen LogP contribution < -0.4 is 4.73 Å². The molecule has 0 bridgehead atoms. The minimum absolute atomic E-state index is 0.342. The van der Waals surface area contributed by atoms with Gasteiger partial charge < -0.3 is 9.94 Å². The topological polar surface area (TPSA) is 66.1 Å². The number of hydrogen-bond acceptors (Lipinski definition) is 4. The molecule has 5 nitrogen and oxygen atoms in total. The lowest BCUT2D eigenvalue weighted by Crippen LogP contribution is -2.38. The number of ether oxygens (including phenoxy) is 1. The maximum Gasteiger partial charge on any atom is 0.303 e. The van der Waals surface area contributed by atoms with E-state index >= 15 is 0 Å². The van der Waals surface area contributed by atoms with Gasteiger partial charge in [0.1, 0.15) is 11.2 Å². The highest BCUT2D eigenvalue weighted by Crippen LogP contribution is 2.30. The Hall–Kier alpha value is -2.17. The van der Waals surface area contributed by atoms with Crippen molar-refractivity contribution in [1.29, 1.82) is 0 Å². The molecule has 1 atom stereocenters. The molecule has 1 aliphatic carbocycles. The van der Waals surface area contributed by atoms with Gasteiger partial charge in [0.05, 0.1) is 0 Å². The highest BCUT2D eigenvalue weighted by atomic mass is 16.5. The summed E-state index contributed by atoms with van der Waals surface area (Å²) in [6.45, 7) is 1.38. The van der Waals surface area contributed by atoms with E-state index in [4.69, 9.17) is 4.74 Å². The molecule has 0 fully saturated rings. The smallest absolute Gasteiger partial charge is 0.303 e. The van der Waals surface area contributed by atoms with Gasteiger partial charge >= 0.3 is 5.97 Å². The fraction of sp³-hybridized carbons (Fsp3) is 0.357. The van der Waals surface area contributed by atoms with E-state index in [1.807, 2.05) is 12.1 Å². The van der Waals surface area contributed by atoms with Crippen LogP contribution in [0.3, 0.4) is 0 Å². The number of para-hydroxylation sites is 2. The van der Waals surface area contributed by atoms with Crippen molar-refractivity contribution in [1.82, 2.24) is 4.98 Å². The fourth-order valence-corrected chi connectivity index (χ4v) is 2.57. The third-order valence-electron chi connectivity index (χ3n) is 3.38. The van der Waals surface area contributed by atoms with Gasteiger partial charge in [-0.3, -0.25) is 4.79 Å². The quantitative estimate of drug-likeness (QED) is 0.444. The monoisotopic (exact) mass is 258 g/mol. The van der Waals surface area contributed by atoms with Crippen LogP contribution in [-0.4, -0.2) is 11.0 Å². The third kappa shape index (κ3) is 2.01. The summed E-state index contributed by atoms with van der Waals surface area (Å²) < 4.78 is 6.19. The summed E-state index contributed by atoms with van der Waals surface area (Å²) >= 11 is 0. The van der Waals surface area contributed by atoms with Crippen LogP contribution >= 0.6 is 0 Å². The van der Waals surface area contributed by atoms with Gasteiger partial charge in [-0.25, -0.2) is 4.98 Å². The predicted octanol–water partition coefficient (Wildman–Crippen LogP) is 1.81. The zero-order valence-electron chi connectivity index (χ0n) is 10.6. The van der Waals surface area contributed by atoms with Gasteiger partial charge in [0.15, 0.2) is 6.10 Å². The lowest BCUT2D eigenvalue weighted by molar-refractivity contribution is -0.587. The molecule has 5 heteroatoms. The standard InChI is InChI=1S/C14H14N2O3/c1-9(17)19-13-8-4-7-12-14(13)15-10-5-2-3-6-11(10)16(12)18/h2-3,5-6,13H,4,7-8H2,1H3/t13-/m0/s1. The molecule has 0 unspecified atom stereocenters. The first-order chi connectivity index (χ1) is 9.16. The number of nitrogens with zero attached hydrogens (tertiary/aromatic N) is 2. The first-order valence-electron chi connectivity index (χ1n) is 6.35. The molecule has 0 saturated carbocycles. The van der Waals surface area contributed by atoms with Crippen molar-refractivity contribution in [3.63, 3.8) is 0 Å². The molecule has 0 aliphatic heterocycles. The van der Waals surface area contributed by atoms with Crippen molar-refractivity contribution >= 4 is 17.0 Å². The molecule has 0 saturated heterocycles. The van der Waals surface area contributed by atoms with Gasteiger partial charge in [-0.05, 0) is 18.9 Å². The summed E-state index contributed by atoms with van der Waals surface area (Å²) in [5.41, 5.74) is 2.42. The third-order valence-corrected chi connectivity index (χ3v) is 3.38. The van der Waals surface area contributed by atoms with E-state index in [0.717, 1.165) is 17.6 Å². The normalized spacial score (nSPS) is 18.1. The highest BCUT2D eigenvalue weighted by molar-refractivity contribution is 5.71. The summed E-state index contributed by atoms with van der Waals surface area (Å²) in [7, 11) is 0. The van der Waals surface area contributed by atoms with E-state index in [9.17, 15) is 10.0 Å². The van der Waals surface area contributed by atoms with Crippen LogP contribution in [0.25, 0.3) is 11.0 Å². The number of aromatic nitrogens is 2. The zero-order chi connectivity index (χ0) is 13.4. The lowest BCUT2D eigenvalue weighted by Gasteiger charge is -2.23. The van der Waals surface area contributed by atoms with E-state index in [0.29, 0.717) is 28.8 Å². The molecular formula is C14H14N2O3. The average Bonchev–Trinajstić information content (AvgIpc) is 2.40. The predicted molar refractivity (Wildman–Crippen MR) is 68.1 cm³/mol. The summed E-state index contributed by atoms with van der Waals surface area (Å²) in [6.07, 6.45) is 1.82. The molecule has 1 aromatic heterocycles. The van der Waals surface area contributed by atoms with Gasteiger partial charge in [-0.2, -0.15) is 4.73 Å². The Bertz CT molecular complexity index is 654. The van der Waals surface area contributed by atoms with Crippen molar-refractivity contribution in [2.45, 2.75) is 32.3 Å². The second kappa shape index (κ2) is 4.50. The number of carbonyl (C=O) groups is 1. The number of benzene rings is 1. The molecule has 1 aliphatic rings. The van der Waals surface area contributed by atoms with Gasteiger partial charge in [-0.15, -0.1) is 0 Å². The van der Waals surface area contributed by atoms with Gasteiger partial charge in [0, 0.05) is 19.4 Å². The van der Waals surface area contributed by atoms with E-state index in [1.165, 1.54) is 6.92 Å². The van der Waals surface area contributed by atoms with Crippen molar-refractivity contribution in [2.24, 2.45) is 0 Å². The van der Waals surface area contributed by atoms with Gasteiger partial charge in [-0.1, -0.05) is 12.1 Å². The summed E-state index contributed by atoms with van der Waals surface area (Å²) in [4.78, 5) is 15.6. The zero-order valence-corrected chi connectivity index (χ0v) is 10.6. The first kappa shape index (κ1) is 11.9. The maximum atomic E-state index is 12.3. The molecule has 1 heterocycles. The minimum atomic E-state index is -0.397. The molecule has 3 rings (SSSR count). The Morgan fingerprint density at radius 1 is 1.47 bits per heavy atom. The largest absolute Gasteiger partial charge is 0.618 e. The molecule has 0 spiro atoms. The molecule has 98 valence electrons. The van der Waals surface area contributed by atoms with Crippen LogP contribution in [0, 0.1) is 5.21 Å². The van der Waals surface area contributed by atoms with Gasteiger partial charge in [0.2, 0.25) is 11.2 Å². The van der Waals surface area contributed by atoms with Crippen LogP contribution in [-0.2, 0) is 16.0 Å². The minimum Gasteiger partial charge on any atom is -0.618 e. The Morgan fingerprint density at radius 2 is 2.26 bits per heavy atom. The average molecular weight is 258 g/mol. The summed E-state index contributed by atoms with van der Waals surface area (Å²) in [5, 5.41) is 12.3. The Labute approximate surface area is 110 Å². The first-order valence-corrected chi connectivity index (χ1v) is 6.35. The number of fused-ring (bicyclic) bond motifs is 2. The Kier molecular flexibility index (Phi) is 2.81. The van der Waals surface area contributed by atoms with E-state index < -0.39 is 6.10 Å². The number of carbonyl (C=O) groups excluding carboxylic acids is 1. The SMILES string of the molecule is CC(=O)O[C@H]1CCCc2c1nc1ccccc1[n+]2[O-]. The molecular weight excluding hydrogens is 244 g/mol. The molecule has 2 aromatic rings. The van der Waals surface area contributed by atoms with E-state index in [-0.39, 0.29) is 5.97 Å². The van der Waals surface area contributed by atoms with Crippen molar-refractivity contribution in [2.75, 3.05) is 0 Å². The van der Waals surface area contributed by atoms with E-state index in [2.05, 4.69) is 4.98 Å². The summed E-state index contributed by atoms with van der Waals surface area (Å²) in [6, 6.07) is 7.21. The Morgan fingerprint density at radius 3 is 3.05 bits per heavy atom. The second-order valence-electron chi connectivity index (χ2n) is 4.72. The Balaban J connectivity index is 2.18. The van der Waals surface area contributed by atoms with Crippen LogP contribution in [0.4, 0.5) is 0 Å². The lowest BCUT2D eigenvalue weighted by atomic mass is 9.97. The van der Waals surface area contributed by atoms with Crippen molar-refractivity contribution < 1.29 is 14.3 Å². The molecule has 19 heavy (non-hydrogen) atoms. The number of esters is 1. The maximum absolute atomic E-state index is 12.3. The van der Waals surface area contributed by atoms with E-state index in [1.54, 1.807) is 12.1 Å². The summed E-state index contributed by atoms with van der Waals surface area (Å²) in [5.74, 6) is -0.342. The van der Waals surface area contributed by atoms with Crippen LogP contribution in [0.15, 0.2) is 24.3 Å². The fourth-order valence-electron chi connectivity index (χ4n) is 2.57. The van der Waals surface area contributed by atoms with Crippen LogP contribution in [0.2, 0.25) is 0 Å². The second-order valence-corrected chi connectivity index (χ2v) is 4.72. The van der Waals surface area contributed by atoms with Crippen LogP contribution in [0.5, 0.6) is 0 Å². The number of hydrogen-bond donors (Lipinski definition) is 0. The molecule has 1 aromatic carbocycles. The molecule has 0 N–H and O–H groups in total. The molecule has 0 radical (unpaired) electrons.